The van der Waals surface area contributed by atoms with Gasteiger partial charge in [-0.3, -0.25) is 4.79 Å². The lowest BCUT2D eigenvalue weighted by atomic mass is 10.2. The van der Waals surface area contributed by atoms with Crippen LogP contribution in [0.3, 0.4) is 0 Å². The van der Waals surface area contributed by atoms with Crippen LogP contribution in [-0.2, 0) is 9.53 Å². The van der Waals surface area contributed by atoms with E-state index in [2.05, 4.69) is 0 Å². The molecule has 0 aliphatic carbocycles. The zero-order valence-electron chi connectivity index (χ0n) is 9.90. The molecule has 1 atom stereocenters. The van der Waals surface area contributed by atoms with E-state index in [-0.39, 0.29) is 19.0 Å². The molecule has 0 spiro atoms. The number of nitrogens with two attached hydrogens (primary N) is 1. The summed E-state index contributed by atoms with van der Waals surface area (Å²) in [5, 5.41) is 0. The summed E-state index contributed by atoms with van der Waals surface area (Å²) in [7, 11) is 0. The van der Waals surface area contributed by atoms with Crippen LogP contribution in [0.25, 0.3) is 0 Å². The molecular weight excluding hydrogens is 225 g/mol. The van der Waals surface area contributed by atoms with Gasteiger partial charge >= 0.3 is 5.97 Å². The van der Waals surface area contributed by atoms with Crippen molar-refractivity contribution in [2.24, 2.45) is 5.73 Å². The molecule has 0 saturated heterocycles. The highest BCUT2D eigenvalue weighted by atomic mass is 19.1. The summed E-state index contributed by atoms with van der Waals surface area (Å²) in [5.74, 6) is -0.331. The van der Waals surface area contributed by atoms with Gasteiger partial charge in [-0.2, -0.15) is 0 Å². The first-order valence-corrected chi connectivity index (χ1v) is 5.35. The van der Waals surface area contributed by atoms with Gasteiger partial charge in [0.05, 0.1) is 6.61 Å². The summed E-state index contributed by atoms with van der Waals surface area (Å²) in [5.41, 5.74) is 6.21. The van der Waals surface area contributed by atoms with E-state index in [9.17, 15) is 9.18 Å². The molecule has 0 radical (unpaired) electrons. The fraction of sp³-hybridized carbons (Fsp3) is 0.417. The average molecular weight is 241 g/mol. The van der Waals surface area contributed by atoms with E-state index in [1.807, 2.05) is 0 Å². The quantitative estimate of drug-likeness (QED) is 0.792. The largest absolute Gasteiger partial charge is 0.491 e. The smallest absolute Gasteiger partial charge is 0.326 e. The van der Waals surface area contributed by atoms with Crippen molar-refractivity contribution in [1.29, 1.82) is 0 Å². The second-order valence-corrected chi connectivity index (χ2v) is 3.58. The highest BCUT2D eigenvalue weighted by Crippen LogP contribution is 2.18. The number of rotatable bonds is 5. The summed E-state index contributed by atoms with van der Waals surface area (Å²) >= 11 is 0. The fourth-order valence-electron chi connectivity index (χ4n) is 1.27. The second kappa shape index (κ2) is 6.20. The Labute approximate surface area is 99.5 Å². The number of hydrogen-bond acceptors (Lipinski definition) is 4. The lowest BCUT2D eigenvalue weighted by Crippen LogP contribution is -2.37. The van der Waals surface area contributed by atoms with Crippen LogP contribution >= 0.6 is 0 Å². The molecule has 1 aromatic carbocycles. The third-order valence-electron chi connectivity index (χ3n) is 2.14. The highest BCUT2D eigenvalue weighted by Gasteiger charge is 2.15. The number of hydrogen-bond donors (Lipinski definition) is 1. The van der Waals surface area contributed by atoms with Crippen molar-refractivity contribution in [3.8, 4) is 5.75 Å². The van der Waals surface area contributed by atoms with Gasteiger partial charge in [-0.25, -0.2) is 4.39 Å². The van der Waals surface area contributed by atoms with E-state index in [0.29, 0.717) is 11.3 Å². The fourth-order valence-corrected chi connectivity index (χ4v) is 1.27. The van der Waals surface area contributed by atoms with Gasteiger partial charge in [0, 0.05) is 0 Å². The lowest BCUT2D eigenvalue weighted by Gasteiger charge is -2.13. The molecule has 1 aromatic rings. The Kier molecular flexibility index (Phi) is 4.90. The standard InChI is InChI=1S/C12H16FNO3/c1-3-16-12(15)10(14)7-17-11-5-4-9(13)6-8(11)2/h4-6,10H,3,7,14H2,1-2H3. The number of aryl methyl sites for hydroxylation is 1. The second-order valence-electron chi connectivity index (χ2n) is 3.58. The van der Waals surface area contributed by atoms with Crippen molar-refractivity contribution in [3.63, 3.8) is 0 Å². The Bertz CT molecular complexity index is 395. The minimum atomic E-state index is -0.834. The molecule has 0 aliphatic rings. The molecule has 0 bridgehead atoms. The van der Waals surface area contributed by atoms with Crippen LogP contribution in [0.4, 0.5) is 4.39 Å². The molecule has 1 rings (SSSR count). The molecule has 0 aliphatic heterocycles. The molecule has 0 saturated carbocycles. The number of esters is 1. The maximum atomic E-state index is 12.8. The monoisotopic (exact) mass is 241 g/mol. The number of carbonyl (C=O) groups excluding carboxylic acids is 1. The zero-order chi connectivity index (χ0) is 12.8. The van der Waals surface area contributed by atoms with Crippen LogP contribution in [0.15, 0.2) is 18.2 Å². The summed E-state index contributed by atoms with van der Waals surface area (Å²) in [6.07, 6.45) is 0. The molecule has 1 unspecified atom stereocenters. The van der Waals surface area contributed by atoms with E-state index in [4.69, 9.17) is 15.2 Å². The van der Waals surface area contributed by atoms with Gasteiger partial charge in [0.25, 0.3) is 0 Å². The normalized spacial score (nSPS) is 12.0. The SMILES string of the molecule is CCOC(=O)C(N)COc1ccc(F)cc1C. The van der Waals surface area contributed by atoms with E-state index in [1.54, 1.807) is 13.8 Å². The maximum Gasteiger partial charge on any atom is 0.326 e. The molecule has 0 amide bonds. The Balaban J connectivity index is 2.52. The van der Waals surface area contributed by atoms with E-state index in [0.717, 1.165) is 0 Å². The predicted octanol–water partition coefficient (Wildman–Crippen LogP) is 1.40. The van der Waals surface area contributed by atoms with Crippen LogP contribution in [0.2, 0.25) is 0 Å². The van der Waals surface area contributed by atoms with Gasteiger partial charge < -0.3 is 15.2 Å². The molecule has 94 valence electrons. The van der Waals surface area contributed by atoms with Crippen molar-refractivity contribution in [2.75, 3.05) is 13.2 Å². The van der Waals surface area contributed by atoms with Crippen molar-refractivity contribution in [1.82, 2.24) is 0 Å². The zero-order valence-corrected chi connectivity index (χ0v) is 9.90. The first-order valence-electron chi connectivity index (χ1n) is 5.35. The van der Waals surface area contributed by atoms with Gasteiger partial charge in [-0.15, -0.1) is 0 Å². The maximum absolute atomic E-state index is 12.8. The summed E-state index contributed by atoms with van der Waals surface area (Å²) in [6, 6.07) is 3.31. The van der Waals surface area contributed by atoms with E-state index >= 15 is 0 Å². The van der Waals surface area contributed by atoms with Crippen molar-refractivity contribution < 1.29 is 18.7 Å². The number of ether oxygens (including phenoxy) is 2. The summed E-state index contributed by atoms with van der Waals surface area (Å²) in [4.78, 5) is 11.2. The molecule has 2 N–H and O–H groups in total. The minimum absolute atomic E-state index is 0.00526. The third kappa shape index (κ3) is 4.03. The van der Waals surface area contributed by atoms with Gasteiger partial charge in [-0.1, -0.05) is 0 Å². The predicted molar refractivity (Wildman–Crippen MR) is 61.2 cm³/mol. The molecule has 17 heavy (non-hydrogen) atoms. The van der Waals surface area contributed by atoms with E-state index in [1.165, 1.54) is 18.2 Å². The summed E-state index contributed by atoms with van der Waals surface area (Å²) < 4.78 is 22.9. The van der Waals surface area contributed by atoms with Crippen LogP contribution in [-0.4, -0.2) is 25.2 Å². The lowest BCUT2D eigenvalue weighted by molar-refractivity contribution is -0.145. The Morgan fingerprint density at radius 3 is 2.82 bits per heavy atom. The first kappa shape index (κ1) is 13.4. The molecule has 0 fully saturated rings. The van der Waals surface area contributed by atoms with Gasteiger partial charge in [-0.05, 0) is 37.6 Å². The van der Waals surface area contributed by atoms with Crippen molar-refractivity contribution in [2.45, 2.75) is 19.9 Å². The summed E-state index contributed by atoms with van der Waals surface area (Å²) in [6.45, 7) is 3.71. The van der Waals surface area contributed by atoms with Crippen LogP contribution in [0, 0.1) is 12.7 Å². The van der Waals surface area contributed by atoms with Crippen LogP contribution in [0.1, 0.15) is 12.5 Å². The first-order chi connectivity index (χ1) is 8.04. The number of carbonyl (C=O) groups is 1. The minimum Gasteiger partial charge on any atom is -0.491 e. The van der Waals surface area contributed by atoms with Gasteiger partial charge in [0.15, 0.2) is 0 Å². The average Bonchev–Trinajstić information content (AvgIpc) is 2.27. The molecule has 0 heterocycles. The molecule has 5 heteroatoms. The van der Waals surface area contributed by atoms with Crippen LogP contribution in [0.5, 0.6) is 5.75 Å². The third-order valence-corrected chi connectivity index (χ3v) is 2.14. The molecular formula is C12H16FNO3. The van der Waals surface area contributed by atoms with Crippen LogP contribution < -0.4 is 10.5 Å². The van der Waals surface area contributed by atoms with Crippen molar-refractivity contribution in [3.05, 3.63) is 29.6 Å². The topological polar surface area (TPSA) is 61.5 Å². The molecule has 0 aromatic heterocycles. The van der Waals surface area contributed by atoms with E-state index < -0.39 is 12.0 Å². The van der Waals surface area contributed by atoms with Gasteiger partial charge in [0.2, 0.25) is 0 Å². The number of benzene rings is 1. The number of halogens is 1. The van der Waals surface area contributed by atoms with Crippen molar-refractivity contribution >= 4 is 5.97 Å². The molecule has 4 nitrogen and oxygen atoms in total. The Hall–Kier alpha value is -1.62. The highest BCUT2D eigenvalue weighted by molar-refractivity contribution is 5.75. The van der Waals surface area contributed by atoms with Gasteiger partial charge in [0.1, 0.15) is 24.2 Å². The Morgan fingerprint density at radius 1 is 1.53 bits per heavy atom. The Morgan fingerprint density at radius 2 is 2.24 bits per heavy atom.